The summed E-state index contributed by atoms with van der Waals surface area (Å²) in [6, 6.07) is 9.18. The number of hydrogen-bond acceptors (Lipinski definition) is 6. The molecule has 10 nitrogen and oxygen atoms in total. The Bertz CT molecular complexity index is 1080. The van der Waals surface area contributed by atoms with Gasteiger partial charge in [0.1, 0.15) is 12.4 Å². The number of methoxy groups -OCH3 is 1. The summed E-state index contributed by atoms with van der Waals surface area (Å²) in [7, 11) is 1.48. The number of anilines is 2. The van der Waals surface area contributed by atoms with Crippen LogP contribution in [0.1, 0.15) is 37.7 Å². The maximum absolute atomic E-state index is 13.3. The maximum atomic E-state index is 13.3. The molecule has 0 unspecified atom stereocenters. The second kappa shape index (κ2) is 11.5. The number of amides is 2. The summed E-state index contributed by atoms with van der Waals surface area (Å²) < 4.78 is 6.35. The van der Waals surface area contributed by atoms with E-state index < -0.39 is 17.2 Å². The quantitative estimate of drug-likeness (QED) is 0.607. The van der Waals surface area contributed by atoms with Crippen molar-refractivity contribution in [3.05, 3.63) is 56.7 Å². The van der Waals surface area contributed by atoms with Gasteiger partial charge in [-0.15, -0.1) is 0 Å². The highest BCUT2D eigenvalue weighted by Crippen LogP contribution is 2.19. The topological polar surface area (TPSA) is 131 Å². The Balaban J connectivity index is 1.94. The second-order valence-electron chi connectivity index (χ2n) is 8.08. The van der Waals surface area contributed by atoms with Crippen LogP contribution in [0.25, 0.3) is 0 Å². The average Bonchev–Trinajstić information content (AvgIpc) is 2.79. The Morgan fingerprint density at radius 3 is 2.58 bits per heavy atom. The molecular formula is C23H31N5O5. The van der Waals surface area contributed by atoms with E-state index in [-0.39, 0.29) is 43.7 Å². The number of hydrogen-bond donors (Lipinski definition) is 2. The summed E-state index contributed by atoms with van der Waals surface area (Å²) in [5, 5.41) is 0. The lowest BCUT2D eigenvalue weighted by atomic mass is 10.1. The molecule has 1 aliphatic rings. The van der Waals surface area contributed by atoms with Gasteiger partial charge in [0.15, 0.2) is 5.69 Å². The summed E-state index contributed by atoms with van der Waals surface area (Å²) in [6.45, 7) is 0.651. The summed E-state index contributed by atoms with van der Waals surface area (Å²) >= 11 is 0. The molecule has 10 heteroatoms. The number of carbonyl (C=O) groups is 2. The minimum atomic E-state index is -0.759. The molecule has 2 heterocycles. The van der Waals surface area contributed by atoms with Gasteiger partial charge in [0.2, 0.25) is 11.8 Å². The Morgan fingerprint density at radius 1 is 1.12 bits per heavy atom. The Kier molecular flexibility index (Phi) is 8.42. The Morgan fingerprint density at radius 2 is 1.85 bits per heavy atom. The predicted molar refractivity (Wildman–Crippen MR) is 125 cm³/mol. The van der Waals surface area contributed by atoms with Gasteiger partial charge in [-0.05, 0) is 18.4 Å². The van der Waals surface area contributed by atoms with Gasteiger partial charge >= 0.3 is 5.69 Å². The summed E-state index contributed by atoms with van der Waals surface area (Å²) in [5.74, 6) is -0.648. The standard InChI is InChI=1S/C23H31N5O5/c1-33-14-13-27(19(30)16-26-12-8-3-2-7-11-18(26)29)20-21(24)28(23(32)25-22(20)31)15-17-9-5-4-6-10-17/h4-6,9-10H,2-3,7-8,11-16,24H2,1H3,(H,25,31,32). The van der Waals surface area contributed by atoms with E-state index in [0.717, 1.165) is 31.2 Å². The molecular weight excluding hydrogens is 426 g/mol. The lowest BCUT2D eigenvalue weighted by Gasteiger charge is -2.29. The molecule has 1 aliphatic heterocycles. The highest BCUT2D eigenvalue weighted by molar-refractivity contribution is 5.98. The molecule has 0 spiro atoms. The van der Waals surface area contributed by atoms with Gasteiger partial charge in [-0.3, -0.25) is 23.9 Å². The number of ether oxygens (including phenoxy) is 1. The van der Waals surface area contributed by atoms with Gasteiger partial charge in [-0.25, -0.2) is 4.79 Å². The summed E-state index contributed by atoms with van der Waals surface area (Å²) in [4.78, 5) is 56.1. The molecule has 3 rings (SSSR count). The molecule has 0 radical (unpaired) electrons. The first-order valence-electron chi connectivity index (χ1n) is 11.2. The zero-order chi connectivity index (χ0) is 23.8. The molecule has 0 atom stereocenters. The Labute approximate surface area is 191 Å². The molecule has 2 amide bonds. The van der Waals surface area contributed by atoms with Crippen LogP contribution in [0, 0.1) is 0 Å². The third-order valence-corrected chi connectivity index (χ3v) is 5.74. The number of carbonyl (C=O) groups excluding carboxylic acids is 2. The van der Waals surface area contributed by atoms with E-state index in [1.165, 1.54) is 21.5 Å². The number of nitrogens with one attached hydrogen (secondary N) is 1. The van der Waals surface area contributed by atoms with Crippen LogP contribution < -0.4 is 21.9 Å². The van der Waals surface area contributed by atoms with Crippen molar-refractivity contribution >= 4 is 23.3 Å². The second-order valence-corrected chi connectivity index (χ2v) is 8.08. The molecule has 1 aromatic heterocycles. The van der Waals surface area contributed by atoms with Crippen molar-refractivity contribution in [1.29, 1.82) is 0 Å². The van der Waals surface area contributed by atoms with E-state index in [2.05, 4.69) is 4.98 Å². The molecule has 2 aromatic rings. The molecule has 3 N–H and O–H groups in total. The predicted octanol–water partition coefficient (Wildman–Crippen LogP) is 0.939. The normalized spacial score (nSPS) is 14.6. The van der Waals surface area contributed by atoms with E-state index >= 15 is 0 Å². The summed E-state index contributed by atoms with van der Waals surface area (Å²) in [5.41, 5.74) is 5.55. The van der Waals surface area contributed by atoms with Crippen molar-refractivity contribution < 1.29 is 14.3 Å². The number of benzene rings is 1. The average molecular weight is 458 g/mol. The molecule has 1 saturated heterocycles. The van der Waals surface area contributed by atoms with Crippen LogP contribution in [0.4, 0.5) is 11.5 Å². The molecule has 0 saturated carbocycles. The minimum absolute atomic E-state index is 0.0498. The van der Waals surface area contributed by atoms with E-state index in [4.69, 9.17) is 10.5 Å². The summed E-state index contributed by atoms with van der Waals surface area (Å²) in [6.07, 6.45) is 4.02. The molecule has 1 aromatic carbocycles. The number of aromatic nitrogens is 2. The van der Waals surface area contributed by atoms with Gasteiger partial charge in [0, 0.05) is 26.6 Å². The monoisotopic (exact) mass is 457 g/mol. The number of aromatic amines is 1. The molecule has 0 aliphatic carbocycles. The third kappa shape index (κ3) is 6.10. The fourth-order valence-electron chi connectivity index (χ4n) is 3.94. The van der Waals surface area contributed by atoms with E-state index in [1.807, 2.05) is 30.3 Å². The van der Waals surface area contributed by atoms with Gasteiger partial charge < -0.3 is 20.3 Å². The van der Waals surface area contributed by atoms with Gasteiger partial charge in [0.05, 0.1) is 13.2 Å². The number of H-pyrrole nitrogens is 1. The third-order valence-electron chi connectivity index (χ3n) is 5.74. The SMILES string of the molecule is COCCN(C(=O)CN1CCCCCCC1=O)c1c(N)n(Cc2ccccc2)c(=O)[nH]c1=O. The minimum Gasteiger partial charge on any atom is -0.383 e. The van der Waals surface area contributed by atoms with Crippen LogP contribution >= 0.6 is 0 Å². The highest BCUT2D eigenvalue weighted by Gasteiger charge is 2.27. The first-order chi connectivity index (χ1) is 15.9. The first kappa shape index (κ1) is 24.2. The fourth-order valence-corrected chi connectivity index (χ4v) is 3.94. The van der Waals surface area contributed by atoms with E-state index in [9.17, 15) is 19.2 Å². The van der Waals surface area contributed by atoms with Crippen LogP contribution in [0.3, 0.4) is 0 Å². The van der Waals surface area contributed by atoms with Crippen LogP contribution in [-0.2, 0) is 20.9 Å². The smallest absolute Gasteiger partial charge is 0.330 e. The number of nitrogens with two attached hydrogens (primary N) is 1. The van der Waals surface area contributed by atoms with Gasteiger partial charge in [-0.2, -0.15) is 0 Å². The van der Waals surface area contributed by atoms with Crippen LogP contribution in [0.5, 0.6) is 0 Å². The number of likely N-dealkylation sites (tertiary alicyclic amines) is 1. The van der Waals surface area contributed by atoms with Crippen molar-refractivity contribution in [2.75, 3.05) is 44.0 Å². The Hall–Kier alpha value is -3.40. The highest BCUT2D eigenvalue weighted by atomic mass is 16.5. The van der Waals surface area contributed by atoms with Gasteiger partial charge in [0.25, 0.3) is 5.56 Å². The van der Waals surface area contributed by atoms with Crippen LogP contribution in [0.15, 0.2) is 39.9 Å². The van der Waals surface area contributed by atoms with Crippen molar-refractivity contribution in [3.63, 3.8) is 0 Å². The van der Waals surface area contributed by atoms with E-state index in [0.29, 0.717) is 13.0 Å². The fraction of sp³-hybridized carbons (Fsp3) is 0.478. The number of rotatable bonds is 8. The van der Waals surface area contributed by atoms with Crippen LogP contribution in [0.2, 0.25) is 0 Å². The lowest BCUT2D eigenvalue weighted by molar-refractivity contribution is -0.135. The van der Waals surface area contributed by atoms with Gasteiger partial charge in [-0.1, -0.05) is 43.2 Å². The maximum Gasteiger partial charge on any atom is 0.330 e. The molecule has 33 heavy (non-hydrogen) atoms. The van der Waals surface area contributed by atoms with E-state index in [1.54, 1.807) is 0 Å². The zero-order valence-electron chi connectivity index (χ0n) is 18.9. The molecule has 178 valence electrons. The van der Waals surface area contributed by atoms with Crippen molar-refractivity contribution in [2.45, 2.75) is 38.6 Å². The number of nitrogens with zero attached hydrogens (tertiary/aromatic N) is 3. The molecule has 0 bridgehead atoms. The molecule has 1 fully saturated rings. The lowest BCUT2D eigenvalue weighted by Crippen LogP contribution is -2.48. The number of nitrogen functional groups attached to an aromatic ring is 1. The zero-order valence-corrected chi connectivity index (χ0v) is 18.9. The first-order valence-corrected chi connectivity index (χ1v) is 11.2. The van der Waals surface area contributed by atoms with Crippen molar-refractivity contribution in [3.8, 4) is 0 Å². The van der Waals surface area contributed by atoms with Crippen LogP contribution in [-0.4, -0.2) is 59.6 Å². The van der Waals surface area contributed by atoms with Crippen molar-refractivity contribution in [1.82, 2.24) is 14.5 Å². The largest absolute Gasteiger partial charge is 0.383 e. The van der Waals surface area contributed by atoms with Crippen molar-refractivity contribution in [2.24, 2.45) is 0 Å².